The smallest absolute Gasteiger partial charge is 0.0673 e. The van der Waals surface area contributed by atoms with Gasteiger partial charge in [0.15, 0.2) is 0 Å². The highest BCUT2D eigenvalue weighted by Crippen LogP contribution is 2.21. The molecule has 2 aromatic rings. The number of rotatable bonds is 6. The zero-order chi connectivity index (χ0) is 14.5. The van der Waals surface area contributed by atoms with Crippen molar-refractivity contribution in [3.63, 3.8) is 0 Å². The van der Waals surface area contributed by atoms with Gasteiger partial charge in [-0.3, -0.25) is 4.68 Å². The SMILES string of the molecule is CCCNC(C)c1cnn(Cc2ccccc2Br)c1C. The summed E-state index contributed by atoms with van der Waals surface area (Å²) in [6.45, 7) is 8.36. The average molecular weight is 336 g/mol. The zero-order valence-electron chi connectivity index (χ0n) is 12.4. The van der Waals surface area contributed by atoms with Gasteiger partial charge in [-0.25, -0.2) is 0 Å². The van der Waals surface area contributed by atoms with Crippen molar-refractivity contribution in [1.82, 2.24) is 15.1 Å². The molecule has 0 spiro atoms. The standard InChI is InChI=1S/C16H22BrN3/c1-4-9-18-12(2)15-10-19-20(13(15)3)11-14-7-5-6-8-16(14)17/h5-8,10,12,18H,4,9,11H2,1-3H3. The fourth-order valence-corrected chi connectivity index (χ4v) is 2.71. The van der Waals surface area contributed by atoms with Crippen LogP contribution in [-0.4, -0.2) is 16.3 Å². The maximum atomic E-state index is 4.54. The van der Waals surface area contributed by atoms with E-state index in [-0.39, 0.29) is 0 Å². The van der Waals surface area contributed by atoms with Crippen molar-refractivity contribution in [2.24, 2.45) is 0 Å². The van der Waals surface area contributed by atoms with Gasteiger partial charge < -0.3 is 5.32 Å². The molecule has 0 radical (unpaired) electrons. The topological polar surface area (TPSA) is 29.9 Å². The predicted octanol–water partition coefficient (Wildman–Crippen LogP) is 4.06. The third kappa shape index (κ3) is 3.49. The first-order valence-corrected chi connectivity index (χ1v) is 7.91. The van der Waals surface area contributed by atoms with E-state index in [0.29, 0.717) is 6.04 Å². The molecule has 1 N–H and O–H groups in total. The maximum Gasteiger partial charge on any atom is 0.0673 e. The molecule has 0 saturated carbocycles. The van der Waals surface area contributed by atoms with E-state index in [1.807, 2.05) is 12.3 Å². The summed E-state index contributed by atoms with van der Waals surface area (Å²) in [5, 5.41) is 8.05. The summed E-state index contributed by atoms with van der Waals surface area (Å²) in [6, 6.07) is 8.64. The first-order chi connectivity index (χ1) is 9.63. The van der Waals surface area contributed by atoms with Crippen LogP contribution in [-0.2, 0) is 6.54 Å². The Morgan fingerprint density at radius 2 is 2.10 bits per heavy atom. The Morgan fingerprint density at radius 1 is 1.35 bits per heavy atom. The van der Waals surface area contributed by atoms with Crippen LogP contribution in [0.5, 0.6) is 0 Å². The molecular formula is C16H22BrN3. The van der Waals surface area contributed by atoms with Crippen molar-refractivity contribution in [2.75, 3.05) is 6.54 Å². The number of aromatic nitrogens is 2. The number of hydrogen-bond acceptors (Lipinski definition) is 2. The number of nitrogens with zero attached hydrogens (tertiary/aromatic N) is 2. The Bertz CT molecular complexity index is 563. The predicted molar refractivity (Wildman–Crippen MR) is 86.9 cm³/mol. The lowest BCUT2D eigenvalue weighted by Gasteiger charge is -2.13. The Hall–Kier alpha value is -1.13. The summed E-state index contributed by atoms with van der Waals surface area (Å²) < 4.78 is 3.20. The summed E-state index contributed by atoms with van der Waals surface area (Å²) in [5.41, 5.74) is 3.77. The van der Waals surface area contributed by atoms with Crippen molar-refractivity contribution < 1.29 is 0 Å². The minimum absolute atomic E-state index is 0.350. The van der Waals surface area contributed by atoms with Crippen molar-refractivity contribution in [3.05, 3.63) is 51.8 Å². The van der Waals surface area contributed by atoms with Gasteiger partial charge in [0.1, 0.15) is 0 Å². The first kappa shape index (κ1) is 15.3. The third-order valence-electron chi connectivity index (χ3n) is 3.59. The van der Waals surface area contributed by atoms with Crippen molar-refractivity contribution >= 4 is 15.9 Å². The molecule has 1 aromatic heterocycles. The Kier molecular flexibility index (Phi) is 5.38. The number of hydrogen-bond donors (Lipinski definition) is 1. The van der Waals surface area contributed by atoms with Gasteiger partial charge in [0.05, 0.1) is 12.7 Å². The second-order valence-corrected chi connectivity index (χ2v) is 5.96. The highest BCUT2D eigenvalue weighted by molar-refractivity contribution is 9.10. The lowest BCUT2D eigenvalue weighted by Crippen LogP contribution is -2.19. The van der Waals surface area contributed by atoms with Gasteiger partial charge in [0.25, 0.3) is 0 Å². The molecule has 2 rings (SSSR count). The van der Waals surface area contributed by atoms with Crippen LogP contribution in [0.3, 0.4) is 0 Å². The minimum Gasteiger partial charge on any atom is -0.310 e. The van der Waals surface area contributed by atoms with E-state index in [4.69, 9.17) is 0 Å². The van der Waals surface area contributed by atoms with Crippen LogP contribution >= 0.6 is 15.9 Å². The van der Waals surface area contributed by atoms with E-state index in [2.05, 4.69) is 70.0 Å². The lowest BCUT2D eigenvalue weighted by atomic mass is 10.1. The number of benzene rings is 1. The summed E-state index contributed by atoms with van der Waals surface area (Å²) in [6.07, 6.45) is 3.13. The molecule has 0 fully saturated rings. The van der Waals surface area contributed by atoms with E-state index in [9.17, 15) is 0 Å². The molecule has 20 heavy (non-hydrogen) atoms. The van der Waals surface area contributed by atoms with Crippen LogP contribution in [0.2, 0.25) is 0 Å². The number of halogens is 1. The molecule has 1 heterocycles. The van der Waals surface area contributed by atoms with Crippen LogP contribution in [0.15, 0.2) is 34.9 Å². The van der Waals surface area contributed by atoms with Crippen molar-refractivity contribution in [1.29, 1.82) is 0 Å². The second kappa shape index (κ2) is 7.04. The van der Waals surface area contributed by atoms with E-state index >= 15 is 0 Å². The largest absolute Gasteiger partial charge is 0.310 e. The maximum absolute atomic E-state index is 4.54. The van der Waals surface area contributed by atoms with Gasteiger partial charge in [0, 0.05) is 21.8 Å². The molecule has 4 heteroatoms. The van der Waals surface area contributed by atoms with Crippen LogP contribution < -0.4 is 5.32 Å². The molecule has 1 atom stereocenters. The third-order valence-corrected chi connectivity index (χ3v) is 4.36. The zero-order valence-corrected chi connectivity index (χ0v) is 13.9. The van der Waals surface area contributed by atoms with Gasteiger partial charge in [-0.05, 0) is 38.4 Å². The van der Waals surface area contributed by atoms with E-state index < -0.39 is 0 Å². The van der Waals surface area contributed by atoms with E-state index in [0.717, 1.165) is 24.0 Å². The van der Waals surface area contributed by atoms with Gasteiger partial charge in [-0.1, -0.05) is 41.1 Å². The molecule has 0 saturated heterocycles. The van der Waals surface area contributed by atoms with Gasteiger partial charge in [0.2, 0.25) is 0 Å². The highest BCUT2D eigenvalue weighted by Gasteiger charge is 2.13. The summed E-state index contributed by atoms with van der Waals surface area (Å²) in [7, 11) is 0. The summed E-state index contributed by atoms with van der Waals surface area (Å²) in [5.74, 6) is 0. The molecule has 1 aromatic carbocycles. The normalized spacial score (nSPS) is 12.6. The van der Waals surface area contributed by atoms with Gasteiger partial charge in [-0.15, -0.1) is 0 Å². The molecule has 0 amide bonds. The second-order valence-electron chi connectivity index (χ2n) is 5.11. The Labute approximate surface area is 129 Å². The Morgan fingerprint density at radius 3 is 2.80 bits per heavy atom. The van der Waals surface area contributed by atoms with Crippen LogP contribution in [0, 0.1) is 6.92 Å². The van der Waals surface area contributed by atoms with Crippen molar-refractivity contribution in [2.45, 2.75) is 39.8 Å². The fraction of sp³-hybridized carbons (Fsp3) is 0.438. The summed E-state index contributed by atoms with van der Waals surface area (Å²) in [4.78, 5) is 0. The average Bonchev–Trinajstić information content (AvgIpc) is 2.80. The van der Waals surface area contributed by atoms with Gasteiger partial charge in [-0.2, -0.15) is 5.10 Å². The number of nitrogens with one attached hydrogen (secondary N) is 1. The van der Waals surface area contributed by atoms with Crippen LogP contribution in [0.25, 0.3) is 0 Å². The quantitative estimate of drug-likeness (QED) is 0.862. The molecule has 0 aliphatic carbocycles. The monoisotopic (exact) mass is 335 g/mol. The molecule has 0 aliphatic heterocycles. The molecule has 108 valence electrons. The minimum atomic E-state index is 0.350. The fourth-order valence-electron chi connectivity index (χ4n) is 2.30. The van der Waals surface area contributed by atoms with Crippen LogP contribution in [0.4, 0.5) is 0 Å². The molecular weight excluding hydrogens is 314 g/mol. The van der Waals surface area contributed by atoms with E-state index in [1.54, 1.807) is 0 Å². The lowest BCUT2D eigenvalue weighted by molar-refractivity contribution is 0.565. The van der Waals surface area contributed by atoms with Crippen molar-refractivity contribution in [3.8, 4) is 0 Å². The van der Waals surface area contributed by atoms with Gasteiger partial charge >= 0.3 is 0 Å². The molecule has 1 unspecified atom stereocenters. The summed E-state index contributed by atoms with van der Waals surface area (Å²) >= 11 is 3.59. The first-order valence-electron chi connectivity index (χ1n) is 7.12. The molecule has 0 bridgehead atoms. The highest BCUT2D eigenvalue weighted by atomic mass is 79.9. The molecule has 3 nitrogen and oxygen atoms in total. The van der Waals surface area contributed by atoms with Crippen LogP contribution in [0.1, 0.15) is 43.1 Å². The van der Waals surface area contributed by atoms with E-state index in [1.165, 1.54) is 16.8 Å². The molecule has 0 aliphatic rings. The Balaban J connectivity index is 2.15.